The van der Waals surface area contributed by atoms with Gasteiger partial charge in [0.2, 0.25) is 0 Å². The summed E-state index contributed by atoms with van der Waals surface area (Å²) < 4.78 is 5.65. The first-order valence-electron chi connectivity index (χ1n) is 4.73. The summed E-state index contributed by atoms with van der Waals surface area (Å²) in [6.07, 6.45) is 9.43. The van der Waals surface area contributed by atoms with Crippen molar-refractivity contribution in [3.8, 4) is 0 Å². The highest BCUT2D eigenvalue weighted by Crippen LogP contribution is 2.44. The maximum Gasteiger partial charge on any atom is 0.0923 e. The Bertz CT molecular complexity index is 229. The fourth-order valence-electron chi connectivity index (χ4n) is 1.89. The van der Waals surface area contributed by atoms with Gasteiger partial charge >= 0.3 is 0 Å². The van der Waals surface area contributed by atoms with Gasteiger partial charge in [0.25, 0.3) is 0 Å². The van der Waals surface area contributed by atoms with Crippen molar-refractivity contribution in [2.75, 3.05) is 0 Å². The summed E-state index contributed by atoms with van der Waals surface area (Å²) in [4.78, 5) is 0. The summed E-state index contributed by atoms with van der Waals surface area (Å²) in [6.45, 7) is 6.21. The molecule has 2 aliphatic rings. The van der Waals surface area contributed by atoms with Gasteiger partial charge < -0.3 is 4.74 Å². The molecule has 1 saturated heterocycles. The molecule has 1 fully saturated rings. The lowest BCUT2D eigenvalue weighted by atomic mass is 9.99. The standard InChI is InChI=1S/C11H16O/c1-9-5-3-4-8-11(2)10(12-11)7-6-9/h3,5,10H,1,4,6-8H2,2H3/t10-,11-/m0/s1. The van der Waals surface area contributed by atoms with E-state index in [1.165, 1.54) is 12.0 Å². The molecule has 2 atom stereocenters. The predicted octanol–water partition coefficient (Wildman–Crippen LogP) is 2.83. The number of rotatable bonds is 0. The summed E-state index contributed by atoms with van der Waals surface area (Å²) in [7, 11) is 0. The third-order valence-corrected chi connectivity index (χ3v) is 2.92. The SMILES string of the molecule is C=C1C=CCC[C@]2(C)O[C@H]2CC1. The van der Waals surface area contributed by atoms with Crippen molar-refractivity contribution < 1.29 is 4.74 Å². The molecule has 2 rings (SSSR count). The number of allylic oxidation sites excluding steroid dienone is 3. The van der Waals surface area contributed by atoms with Crippen molar-refractivity contribution in [1.29, 1.82) is 0 Å². The number of epoxide rings is 1. The Labute approximate surface area is 74.1 Å². The first kappa shape index (κ1) is 8.06. The van der Waals surface area contributed by atoms with Crippen LogP contribution in [0.5, 0.6) is 0 Å². The van der Waals surface area contributed by atoms with Crippen molar-refractivity contribution in [3.63, 3.8) is 0 Å². The van der Waals surface area contributed by atoms with Crippen LogP contribution in [0.2, 0.25) is 0 Å². The lowest BCUT2D eigenvalue weighted by Crippen LogP contribution is -2.08. The molecule has 1 heterocycles. The fourth-order valence-corrected chi connectivity index (χ4v) is 1.89. The molecule has 0 amide bonds. The molecule has 1 heteroatoms. The van der Waals surface area contributed by atoms with E-state index < -0.39 is 0 Å². The minimum absolute atomic E-state index is 0.203. The van der Waals surface area contributed by atoms with Gasteiger partial charge in [0.15, 0.2) is 0 Å². The zero-order valence-electron chi connectivity index (χ0n) is 7.68. The van der Waals surface area contributed by atoms with E-state index >= 15 is 0 Å². The molecular formula is C11H16O. The summed E-state index contributed by atoms with van der Waals surface area (Å²) in [5.74, 6) is 0. The number of ether oxygens (including phenoxy) is 1. The monoisotopic (exact) mass is 164 g/mol. The Kier molecular flexibility index (Phi) is 1.84. The highest BCUT2D eigenvalue weighted by molar-refractivity contribution is 5.17. The molecule has 0 radical (unpaired) electrons. The Balaban J connectivity index is 2.02. The smallest absolute Gasteiger partial charge is 0.0923 e. The maximum atomic E-state index is 5.65. The molecule has 0 aromatic heterocycles. The molecule has 0 unspecified atom stereocenters. The molecule has 66 valence electrons. The van der Waals surface area contributed by atoms with Gasteiger partial charge in [-0.15, -0.1) is 0 Å². The van der Waals surface area contributed by atoms with E-state index in [9.17, 15) is 0 Å². The van der Waals surface area contributed by atoms with Crippen LogP contribution in [0.4, 0.5) is 0 Å². The Hall–Kier alpha value is -0.560. The van der Waals surface area contributed by atoms with Crippen molar-refractivity contribution >= 4 is 0 Å². The lowest BCUT2D eigenvalue weighted by molar-refractivity contribution is 0.295. The van der Waals surface area contributed by atoms with E-state index in [1.807, 2.05) is 0 Å². The van der Waals surface area contributed by atoms with Crippen LogP contribution in [0.25, 0.3) is 0 Å². The van der Waals surface area contributed by atoms with Gasteiger partial charge in [-0.3, -0.25) is 0 Å². The molecule has 0 spiro atoms. The molecule has 0 aromatic carbocycles. The largest absolute Gasteiger partial charge is 0.366 e. The summed E-state index contributed by atoms with van der Waals surface area (Å²) in [5, 5.41) is 0. The van der Waals surface area contributed by atoms with E-state index in [1.54, 1.807) is 0 Å². The summed E-state index contributed by atoms with van der Waals surface area (Å²) in [5.41, 5.74) is 1.45. The van der Waals surface area contributed by atoms with Crippen molar-refractivity contribution in [3.05, 3.63) is 24.3 Å². The quantitative estimate of drug-likeness (QED) is 0.501. The second kappa shape index (κ2) is 2.74. The molecule has 0 N–H and O–H groups in total. The first-order chi connectivity index (χ1) is 5.71. The number of hydrogen-bond acceptors (Lipinski definition) is 1. The van der Waals surface area contributed by atoms with Crippen molar-refractivity contribution in [1.82, 2.24) is 0 Å². The van der Waals surface area contributed by atoms with Gasteiger partial charge in [0.05, 0.1) is 11.7 Å². The first-order valence-corrected chi connectivity index (χ1v) is 4.73. The highest BCUT2D eigenvalue weighted by atomic mass is 16.6. The van der Waals surface area contributed by atoms with Crippen molar-refractivity contribution in [2.24, 2.45) is 0 Å². The molecule has 0 bridgehead atoms. The van der Waals surface area contributed by atoms with Crippen LogP contribution in [-0.4, -0.2) is 11.7 Å². The van der Waals surface area contributed by atoms with Gasteiger partial charge in [-0.05, 0) is 32.6 Å². The molecular weight excluding hydrogens is 148 g/mol. The van der Waals surface area contributed by atoms with Crippen molar-refractivity contribution in [2.45, 2.75) is 44.3 Å². The van der Waals surface area contributed by atoms with Crippen LogP contribution in [0.15, 0.2) is 24.3 Å². The van der Waals surface area contributed by atoms with E-state index in [4.69, 9.17) is 4.74 Å². The third kappa shape index (κ3) is 1.46. The molecule has 1 aliphatic carbocycles. The zero-order chi connectivity index (χ0) is 8.60. The Morgan fingerprint density at radius 1 is 1.67 bits per heavy atom. The Morgan fingerprint density at radius 2 is 2.50 bits per heavy atom. The number of fused-ring (bicyclic) bond motifs is 1. The van der Waals surface area contributed by atoms with Crippen LogP contribution in [-0.2, 0) is 4.74 Å². The van der Waals surface area contributed by atoms with E-state index in [-0.39, 0.29) is 5.60 Å². The topological polar surface area (TPSA) is 12.5 Å². The lowest BCUT2D eigenvalue weighted by Gasteiger charge is -2.01. The number of hydrogen-bond donors (Lipinski definition) is 0. The maximum absolute atomic E-state index is 5.65. The normalized spacial score (nSPS) is 41.1. The van der Waals surface area contributed by atoms with Gasteiger partial charge in [-0.1, -0.05) is 24.3 Å². The predicted molar refractivity (Wildman–Crippen MR) is 50.0 cm³/mol. The molecule has 0 saturated carbocycles. The summed E-state index contributed by atoms with van der Waals surface area (Å²) in [6, 6.07) is 0. The minimum atomic E-state index is 0.203. The zero-order valence-corrected chi connectivity index (χ0v) is 7.68. The van der Waals surface area contributed by atoms with E-state index in [0.29, 0.717) is 6.10 Å². The van der Waals surface area contributed by atoms with Crippen LogP contribution >= 0.6 is 0 Å². The average molecular weight is 164 g/mol. The summed E-state index contributed by atoms with van der Waals surface area (Å²) >= 11 is 0. The van der Waals surface area contributed by atoms with Crippen LogP contribution < -0.4 is 0 Å². The van der Waals surface area contributed by atoms with E-state index in [2.05, 4.69) is 25.7 Å². The van der Waals surface area contributed by atoms with Gasteiger partial charge in [-0.25, -0.2) is 0 Å². The van der Waals surface area contributed by atoms with Gasteiger partial charge in [-0.2, -0.15) is 0 Å². The third-order valence-electron chi connectivity index (χ3n) is 2.92. The minimum Gasteiger partial charge on any atom is -0.366 e. The molecule has 1 nitrogen and oxygen atoms in total. The van der Waals surface area contributed by atoms with Gasteiger partial charge in [0.1, 0.15) is 0 Å². The fraction of sp³-hybridized carbons (Fsp3) is 0.636. The molecule has 1 aliphatic heterocycles. The molecule has 0 aromatic rings. The van der Waals surface area contributed by atoms with E-state index in [0.717, 1.165) is 19.3 Å². The van der Waals surface area contributed by atoms with Crippen LogP contribution in [0.1, 0.15) is 32.6 Å². The average Bonchev–Trinajstić information content (AvgIpc) is 2.67. The molecule has 12 heavy (non-hydrogen) atoms. The second-order valence-corrected chi connectivity index (χ2v) is 4.06. The van der Waals surface area contributed by atoms with Crippen LogP contribution in [0.3, 0.4) is 0 Å². The Morgan fingerprint density at radius 3 is 3.33 bits per heavy atom. The highest BCUT2D eigenvalue weighted by Gasteiger charge is 2.50. The van der Waals surface area contributed by atoms with Crippen LogP contribution in [0, 0.1) is 0 Å². The van der Waals surface area contributed by atoms with Gasteiger partial charge in [0, 0.05) is 0 Å². The second-order valence-electron chi connectivity index (χ2n) is 4.06.